The number of carbonyl (C=O) groups excluding carboxylic acids is 2. The number of rotatable bonds is 22. The van der Waals surface area contributed by atoms with Gasteiger partial charge in [0.05, 0.1) is 56.2 Å². The number of ketones is 1. The van der Waals surface area contributed by atoms with Crippen LogP contribution in [0.2, 0.25) is 0 Å². The minimum absolute atomic E-state index is 0.0321. The van der Waals surface area contributed by atoms with Crippen LogP contribution in [0.4, 0.5) is 35.1 Å². The van der Waals surface area contributed by atoms with Crippen LogP contribution in [0.15, 0.2) is 211 Å². The molecule has 8 aliphatic rings. The number of halogens is 8. The summed E-state index contributed by atoms with van der Waals surface area (Å²) in [6.07, 6.45) is 3.33. The summed E-state index contributed by atoms with van der Waals surface area (Å²) in [6, 6.07) is 46.1. The SMILES string of the molecule is C[C@H]1CC[C@H](c2ccccc2)S(=O)(=O)N1Cc1cc(F)c(C2(C(=O)CC(=O)NO)CC(C)(O)C2)cc1F.C[C@H]1CC[C@H](c2ccccc2)S(=O)(=O)N1Cc1cc(F)c(C2(c3cc(=O)[nH]o3)CC(C)(O)C2)cc1F.C[C@H]1CC[C@H](c2ccccc2)S(=O)(=O)N1Cc1cc(F)c(C2(c3cc(=O)n(C)o3)CC(C)(O)C2)cc1F.Cc1cc(C2(c3cc(F)c(CN4[C@@H](C)CC[C@H](c5ccccc5)S4(=O)=O)cc3F)CC(C)(O)C2)on1. The van der Waals surface area contributed by atoms with Crippen molar-refractivity contribution in [2.75, 3.05) is 0 Å². The van der Waals surface area contributed by atoms with Crippen molar-refractivity contribution in [1.82, 2.24) is 37.8 Å². The van der Waals surface area contributed by atoms with E-state index in [2.05, 4.69) is 10.3 Å². The van der Waals surface area contributed by atoms with E-state index in [0.29, 0.717) is 85.1 Å². The van der Waals surface area contributed by atoms with Crippen molar-refractivity contribution in [3.63, 3.8) is 0 Å². The maximum Gasteiger partial charge on any atom is 0.282 e. The molecule has 7 N–H and O–H groups in total. The second kappa shape index (κ2) is 40.5. The summed E-state index contributed by atoms with van der Waals surface area (Å²) < 4.78 is 254. The molecule has 8 aromatic carbocycles. The van der Waals surface area contributed by atoms with E-state index >= 15 is 35.1 Å². The topological polar surface area (TPSA) is 404 Å². The molecule has 8 fully saturated rings. The number of aromatic nitrogens is 3. The zero-order valence-electron chi connectivity index (χ0n) is 82.1. The fourth-order valence-electron chi connectivity index (χ4n) is 23.5. The molecule has 4 saturated carbocycles. The van der Waals surface area contributed by atoms with Crippen LogP contribution < -0.4 is 16.6 Å². The standard InChI is InChI=1S/C27H30F2N2O5S.C27H30F2N2O4S.C26H30F2N2O6S.C26H28F2N2O5S/c1-17-9-10-23(18-7-5-4-6-8-18)37(34,35)31(17)14-19-11-22(29)20(12-21(19)28)27(15-26(2,33)16-27)24-13-25(32)30(3)36-24;1-17-11-25(35-30-17)27(15-26(3,32)16-27)21-13-22(28)20(12-23(21)29)14-31-18(2)9-10-24(36(31,33)34)19-7-5-4-6-8-19;1-16-8-9-22(17-6-4-3-5-7-17)37(35,36)30(16)13-18-10-21(28)19(11-20(18)27)26(14-25(2,33)15-26)23(31)12-24(32)29-34;1-16-8-9-22(17-6-4-3-5-7-17)36(33,34)30(16)13-18-10-21(28)19(11-20(18)27)26(14-25(2,32)15-26)23-12-24(31)29-35-23/h4-8,11-13,17,23,33H,9-10,14-16H2,1-3H3;4-8,11-13,18,24,32H,9-10,14-16H2,1-3H3;3-7,10-11,16,22,33-34H,8-9,12-15H2,1-2H3,(H,29,32);3-7,10-12,16,22,32H,8-9,13-15H2,1-2H3,(H,29,31)/t17-,23+,26?,27?;18-,24+,26?,27?;2*16-,22+,25?,26?/m0000/s1. The average Bonchev–Trinajstić information content (AvgIpc) is 1.37. The van der Waals surface area contributed by atoms with Crippen LogP contribution in [0.1, 0.15) is 275 Å². The Hall–Kier alpha value is -11.0. The molecule has 782 valence electrons. The molecule has 4 saturated heterocycles. The number of amides is 1. The molecule has 7 heterocycles. The molecule has 4 aliphatic carbocycles. The monoisotopic (exact) mass is 2100 g/mol. The molecule has 3 aromatic heterocycles. The van der Waals surface area contributed by atoms with Gasteiger partial charge in [0.2, 0.25) is 40.1 Å². The Balaban J connectivity index is 0.000000139. The van der Waals surface area contributed by atoms with Crippen molar-refractivity contribution in [3.8, 4) is 0 Å². The molecule has 1 amide bonds. The number of H-pyrrole nitrogens is 1. The van der Waals surface area contributed by atoms with E-state index in [9.17, 15) is 73.3 Å². The van der Waals surface area contributed by atoms with Crippen LogP contribution in [-0.4, -0.2) is 150 Å². The van der Waals surface area contributed by atoms with Crippen LogP contribution in [0.25, 0.3) is 0 Å². The predicted octanol–water partition coefficient (Wildman–Crippen LogP) is 16.7. The first-order chi connectivity index (χ1) is 68.5. The van der Waals surface area contributed by atoms with Gasteiger partial charge in [0.15, 0.2) is 5.78 Å². The molecule has 28 nitrogen and oxygen atoms in total. The highest BCUT2D eigenvalue weighted by molar-refractivity contribution is 7.90. The van der Waals surface area contributed by atoms with Gasteiger partial charge in [-0.3, -0.25) is 24.4 Å². The highest BCUT2D eigenvalue weighted by atomic mass is 32.2. The number of aryl methyl sites for hydroxylation is 2. The minimum Gasteiger partial charge on any atom is -0.390 e. The predicted molar refractivity (Wildman–Crippen MR) is 522 cm³/mol. The number of hydroxylamine groups is 1. The Morgan fingerprint density at radius 3 is 0.945 bits per heavy atom. The molecule has 40 heteroatoms. The number of nitrogens with zero attached hydrogens (tertiary/aromatic N) is 6. The van der Waals surface area contributed by atoms with E-state index in [1.54, 1.807) is 165 Å². The number of hydrogen-bond acceptors (Lipinski definition) is 21. The van der Waals surface area contributed by atoms with E-state index in [1.807, 2.05) is 18.2 Å². The van der Waals surface area contributed by atoms with Gasteiger partial charge in [0.25, 0.3) is 17.0 Å². The van der Waals surface area contributed by atoms with Gasteiger partial charge in [0, 0.05) is 120 Å². The highest BCUT2D eigenvalue weighted by Gasteiger charge is 2.62. The zero-order chi connectivity index (χ0) is 106. The average molecular weight is 2100 g/mol. The second-order valence-corrected chi connectivity index (χ2v) is 50.3. The molecule has 0 radical (unpaired) electrons. The second-order valence-electron chi connectivity index (χ2n) is 42.1. The molecule has 19 rings (SSSR count). The van der Waals surface area contributed by atoms with E-state index in [1.165, 1.54) is 48.8 Å². The van der Waals surface area contributed by atoms with Crippen molar-refractivity contribution >= 4 is 51.8 Å². The summed E-state index contributed by atoms with van der Waals surface area (Å²) in [5.74, 6) is -7.38. The smallest absolute Gasteiger partial charge is 0.282 e. The summed E-state index contributed by atoms with van der Waals surface area (Å²) >= 11 is 0. The Labute approximate surface area is 840 Å². The van der Waals surface area contributed by atoms with E-state index in [-0.39, 0.29) is 152 Å². The lowest BCUT2D eigenvalue weighted by Gasteiger charge is -2.51. The van der Waals surface area contributed by atoms with E-state index in [4.69, 9.17) is 18.8 Å². The van der Waals surface area contributed by atoms with Crippen LogP contribution in [0.3, 0.4) is 0 Å². The Morgan fingerprint density at radius 1 is 0.397 bits per heavy atom. The third kappa shape index (κ3) is 20.9. The summed E-state index contributed by atoms with van der Waals surface area (Å²) in [5.41, 5.74) is -6.83. The first-order valence-corrected chi connectivity index (χ1v) is 54.3. The number of hydrogen-bond donors (Lipinski definition) is 7. The van der Waals surface area contributed by atoms with Crippen molar-refractivity contribution in [2.45, 2.75) is 287 Å². The van der Waals surface area contributed by atoms with Crippen molar-refractivity contribution < 1.29 is 118 Å². The Bertz CT molecular complexity index is 7350. The van der Waals surface area contributed by atoms with E-state index in [0.717, 1.165) is 53.3 Å². The molecule has 0 spiro atoms. The van der Waals surface area contributed by atoms with Gasteiger partial charge in [-0.25, -0.2) is 74.3 Å². The summed E-state index contributed by atoms with van der Waals surface area (Å²) in [6.45, 7) is 13.8. The fraction of sp³-hybridized carbons (Fsp3) is 0.443. The number of carbonyl (C=O) groups is 2. The Kier molecular flexibility index (Phi) is 29.9. The largest absolute Gasteiger partial charge is 0.390 e. The first-order valence-electron chi connectivity index (χ1n) is 48.3. The van der Waals surface area contributed by atoms with Crippen LogP contribution in [-0.2, 0) is 105 Å². The number of Topliss-reactive ketones (excluding diaryl/α,β-unsaturated/α-hetero) is 1. The van der Waals surface area contributed by atoms with Crippen LogP contribution in [0.5, 0.6) is 0 Å². The third-order valence-electron chi connectivity index (χ3n) is 30.5. The van der Waals surface area contributed by atoms with Crippen molar-refractivity contribution in [2.24, 2.45) is 7.05 Å². The number of sulfonamides is 4. The molecule has 11 aromatic rings. The van der Waals surface area contributed by atoms with Gasteiger partial charge in [0.1, 0.15) is 84.8 Å². The van der Waals surface area contributed by atoms with Gasteiger partial charge in [-0.2, -0.15) is 27.1 Å². The fourth-order valence-corrected chi connectivity index (χ4v) is 32.3. The van der Waals surface area contributed by atoms with Gasteiger partial charge < -0.3 is 34.0 Å². The summed E-state index contributed by atoms with van der Waals surface area (Å²) in [5, 5.41) is 53.4. The quantitative estimate of drug-likeness (QED) is 0.0143. The van der Waals surface area contributed by atoms with E-state index < -0.39 is 187 Å². The van der Waals surface area contributed by atoms with Crippen molar-refractivity contribution in [3.05, 3.63) is 345 Å². The molecule has 0 unspecified atom stereocenters. The van der Waals surface area contributed by atoms with Crippen LogP contribution in [0, 0.1) is 53.5 Å². The lowest BCUT2D eigenvalue weighted by atomic mass is 9.54. The normalized spacial score (nSPS) is 29.8. The maximum absolute atomic E-state index is 15.6. The van der Waals surface area contributed by atoms with Gasteiger partial charge >= 0.3 is 0 Å². The van der Waals surface area contributed by atoms with Crippen molar-refractivity contribution in [1.29, 1.82) is 0 Å². The summed E-state index contributed by atoms with van der Waals surface area (Å²) in [4.78, 5) is 48.2. The Morgan fingerprint density at radius 2 is 0.685 bits per heavy atom. The number of nitrogens with one attached hydrogen (secondary N) is 2. The molecule has 8 atom stereocenters. The number of aliphatic hydroxyl groups is 4. The molecule has 4 aliphatic heterocycles. The van der Waals surface area contributed by atoms with Gasteiger partial charge in [-0.15, -0.1) is 0 Å². The first kappa shape index (κ1) is 108. The summed E-state index contributed by atoms with van der Waals surface area (Å²) in [7, 11) is -13.9. The zero-order valence-corrected chi connectivity index (χ0v) is 85.3. The molecular weight excluding hydrogens is 1990 g/mol. The van der Waals surface area contributed by atoms with Crippen LogP contribution >= 0.6 is 0 Å². The minimum atomic E-state index is -3.88. The third-order valence-corrected chi connectivity index (χ3v) is 40.0. The molecular formula is C106H118F8N8O20S4. The maximum atomic E-state index is 15.6. The number of aromatic amines is 1. The lowest BCUT2D eigenvalue weighted by molar-refractivity contribution is -0.147. The molecule has 146 heavy (non-hydrogen) atoms. The van der Waals surface area contributed by atoms with Gasteiger partial charge in [-0.1, -0.05) is 126 Å². The highest BCUT2D eigenvalue weighted by Crippen LogP contribution is 2.60. The lowest BCUT2D eigenvalue weighted by Crippen LogP contribution is -2.58. The molecule has 0 bridgehead atoms. The van der Waals surface area contributed by atoms with Gasteiger partial charge in [-0.05, 0) is 236 Å². The number of benzene rings is 8.